The summed E-state index contributed by atoms with van der Waals surface area (Å²) in [6.07, 6.45) is 8.99. The summed E-state index contributed by atoms with van der Waals surface area (Å²) in [5.74, 6) is 1.33. The minimum atomic E-state index is -0.535. The average molecular weight is 474 g/mol. The first-order chi connectivity index (χ1) is 16.6. The molecule has 9 nitrogen and oxygen atoms in total. The van der Waals surface area contributed by atoms with Gasteiger partial charge in [0.25, 0.3) is 0 Å². The Labute approximate surface area is 200 Å². The lowest BCUT2D eigenvalue weighted by Crippen LogP contribution is -2.43. The molecule has 1 aliphatic carbocycles. The average Bonchev–Trinajstić information content (AvgIpc) is 2.86. The predicted octanol–water partition coefficient (Wildman–Crippen LogP) is 3.26. The van der Waals surface area contributed by atoms with Crippen LogP contribution >= 0.6 is 0 Å². The van der Waals surface area contributed by atoms with Gasteiger partial charge in [0.15, 0.2) is 11.6 Å². The van der Waals surface area contributed by atoms with Crippen LogP contribution in [0.2, 0.25) is 0 Å². The molecular formula is C24H36FN7O2. The van der Waals surface area contributed by atoms with Crippen LogP contribution in [0, 0.1) is 11.7 Å². The molecule has 10 heteroatoms. The Morgan fingerprint density at radius 1 is 1.09 bits per heavy atom. The van der Waals surface area contributed by atoms with Crippen LogP contribution in [0.5, 0.6) is 0 Å². The van der Waals surface area contributed by atoms with Gasteiger partial charge in [-0.3, -0.25) is 0 Å². The van der Waals surface area contributed by atoms with E-state index >= 15 is 0 Å². The maximum absolute atomic E-state index is 14.6. The second-order valence-corrected chi connectivity index (χ2v) is 9.31. The second-order valence-electron chi connectivity index (χ2n) is 9.31. The third kappa shape index (κ3) is 7.04. The monoisotopic (exact) mass is 473 g/mol. The fourth-order valence-corrected chi connectivity index (χ4v) is 4.65. The van der Waals surface area contributed by atoms with Crippen molar-refractivity contribution < 1.29 is 13.9 Å². The van der Waals surface area contributed by atoms with Gasteiger partial charge >= 0.3 is 0 Å². The highest BCUT2D eigenvalue weighted by molar-refractivity contribution is 5.54. The number of ether oxygens (including phenoxy) is 2. The zero-order valence-corrected chi connectivity index (χ0v) is 20.1. The lowest BCUT2D eigenvalue weighted by molar-refractivity contribution is 0.0699. The van der Waals surface area contributed by atoms with Crippen molar-refractivity contribution >= 4 is 11.8 Å². The molecule has 0 bridgehead atoms. The zero-order chi connectivity index (χ0) is 23.8. The van der Waals surface area contributed by atoms with Gasteiger partial charge in [-0.05, 0) is 57.4 Å². The normalized spacial score (nSPS) is 22.3. The van der Waals surface area contributed by atoms with Crippen LogP contribution in [0.25, 0.3) is 11.5 Å². The Kier molecular flexibility index (Phi) is 8.95. The first-order valence-electron chi connectivity index (χ1n) is 12.3. The Balaban J connectivity index is 1.34. The third-order valence-electron chi connectivity index (χ3n) is 6.52. The summed E-state index contributed by atoms with van der Waals surface area (Å²) < 4.78 is 25.2. The number of methoxy groups -OCH3 is 1. The van der Waals surface area contributed by atoms with E-state index in [0.29, 0.717) is 36.4 Å². The molecule has 1 unspecified atom stereocenters. The lowest BCUT2D eigenvalue weighted by Gasteiger charge is -2.31. The molecule has 3 N–H and O–H groups in total. The molecule has 0 spiro atoms. The van der Waals surface area contributed by atoms with E-state index in [1.54, 1.807) is 19.4 Å². The van der Waals surface area contributed by atoms with Gasteiger partial charge in [-0.15, -0.1) is 0 Å². The molecule has 1 saturated carbocycles. The molecule has 0 amide bonds. The molecule has 2 fully saturated rings. The predicted molar refractivity (Wildman–Crippen MR) is 129 cm³/mol. The van der Waals surface area contributed by atoms with E-state index < -0.39 is 5.82 Å². The molecule has 3 heterocycles. The Morgan fingerprint density at radius 3 is 2.62 bits per heavy atom. The summed E-state index contributed by atoms with van der Waals surface area (Å²) in [6, 6.07) is 2.87. The highest BCUT2D eigenvalue weighted by atomic mass is 19.1. The van der Waals surface area contributed by atoms with Gasteiger partial charge in [-0.2, -0.15) is 0 Å². The summed E-state index contributed by atoms with van der Waals surface area (Å²) in [6.45, 7) is 5.25. The highest BCUT2D eigenvalue weighted by Gasteiger charge is 2.23. The van der Waals surface area contributed by atoms with Gasteiger partial charge in [0.05, 0.1) is 12.8 Å². The second kappa shape index (κ2) is 12.3. The van der Waals surface area contributed by atoms with Crippen molar-refractivity contribution in [1.82, 2.24) is 25.3 Å². The molecule has 1 saturated heterocycles. The van der Waals surface area contributed by atoms with Gasteiger partial charge < -0.3 is 25.4 Å². The Bertz CT molecular complexity index is 905. The van der Waals surface area contributed by atoms with E-state index in [4.69, 9.17) is 9.47 Å². The van der Waals surface area contributed by atoms with Crippen LogP contribution < -0.4 is 16.0 Å². The van der Waals surface area contributed by atoms with Crippen molar-refractivity contribution in [2.24, 2.45) is 5.92 Å². The number of nitrogens with zero attached hydrogens (tertiary/aromatic N) is 4. The van der Waals surface area contributed by atoms with E-state index in [2.05, 4.69) is 42.8 Å². The number of hydrogen-bond donors (Lipinski definition) is 3. The van der Waals surface area contributed by atoms with E-state index in [0.717, 1.165) is 58.3 Å². The van der Waals surface area contributed by atoms with Crippen molar-refractivity contribution in [3.8, 4) is 11.5 Å². The fourth-order valence-electron chi connectivity index (χ4n) is 4.65. The number of halogens is 1. The lowest BCUT2D eigenvalue weighted by atomic mass is 9.91. The Morgan fingerprint density at radius 2 is 1.85 bits per heavy atom. The molecule has 2 aromatic heterocycles. The molecule has 186 valence electrons. The van der Waals surface area contributed by atoms with Crippen molar-refractivity contribution in [3.63, 3.8) is 0 Å². The van der Waals surface area contributed by atoms with E-state index in [9.17, 15) is 4.39 Å². The molecule has 2 aromatic rings. The first kappa shape index (κ1) is 24.7. The summed E-state index contributed by atoms with van der Waals surface area (Å²) in [5, 5.41) is 10.3. The van der Waals surface area contributed by atoms with Gasteiger partial charge in [-0.1, -0.05) is 0 Å². The number of aromatic nitrogens is 4. The standard InChI is InChI=1S/C24H36FN7O2/c1-16(15-33-2)29-18-3-5-19(6-4-18)30-24-28-14-20(25)22(32-24)23-26-10-7-21(31-23)27-13-17-8-11-34-12-9-17/h7,10,14,16-19,29H,3-6,8-9,11-13,15H2,1-2H3,(H,26,27,31)(H,28,30,32). The summed E-state index contributed by atoms with van der Waals surface area (Å²) in [5.41, 5.74) is 0.107. The fraction of sp³-hybridized carbons (Fsp3) is 0.667. The van der Waals surface area contributed by atoms with Crippen molar-refractivity contribution in [2.75, 3.05) is 44.1 Å². The van der Waals surface area contributed by atoms with E-state index in [1.165, 1.54) is 6.20 Å². The van der Waals surface area contributed by atoms with E-state index in [1.807, 2.05) is 0 Å². The maximum Gasteiger partial charge on any atom is 0.223 e. The van der Waals surface area contributed by atoms with Crippen LogP contribution in [0.3, 0.4) is 0 Å². The maximum atomic E-state index is 14.6. The number of anilines is 2. The first-order valence-corrected chi connectivity index (χ1v) is 12.3. The summed E-state index contributed by atoms with van der Waals surface area (Å²) >= 11 is 0. The quantitative estimate of drug-likeness (QED) is 0.479. The van der Waals surface area contributed by atoms with Crippen LogP contribution in [0.1, 0.15) is 45.4 Å². The molecule has 0 radical (unpaired) electrons. The van der Waals surface area contributed by atoms with Gasteiger partial charge in [0, 0.05) is 51.2 Å². The minimum absolute atomic E-state index is 0.107. The van der Waals surface area contributed by atoms with Crippen molar-refractivity contribution in [2.45, 2.75) is 63.6 Å². The SMILES string of the molecule is COCC(C)NC1CCC(Nc2ncc(F)c(-c3nccc(NCC4CCOCC4)n3)n2)CC1. The Hall–Kier alpha value is -2.43. The number of hydrogen-bond acceptors (Lipinski definition) is 9. The van der Waals surface area contributed by atoms with Crippen LogP contribution in [0.15, 0.2) is 18.5 Å². The van der Waals surface area contributed by atoms with Gasteiger partial charge in [0.1, 0.15) is 11.5 Å². The smallest absolute Gasteiger partial charge is 0.223 e. The van der Waals surface area contributed by atoms with Crippen molar-refractivity contribution in [1.29, 1.82) is 0 Å². The van der Waals surface area contributed by atoms with Crippen LogP contribution in [-0.2, 0) is 9.47 Å². The summed E-state index contributed by atoms with van der Waals surface area (Å²) in [7, 11) is 1.72. The molecule has 4 rings (SSSR count). The molecule has 2 aliphatic rings. The number of rotatable bonds is 10. The highest BCUT2D eigenvalue weighted by Crippen LogP contribution is 2.24. The topological polar surface area (TPSA) is 106 Å². The van der Waals surface area contributed by atoms with Gasteiger partial charge in [0.2, 0.25) is 5.95 Å². The zero-order valence-electron chi connectivity index (χ0n) is 20.1. The molecule has 0 aromatic carbocycles. The summed E-state index contributed by atoms with van der Waals surface area (Å²) in [4.78, 5) is 17.3. The van der Waals surface area contributed by atoms with Crippen LogP contribution in [-0.4, -0.2) is 71.5 Å². The molecular weight excluding hydrogens is 437 g/mol. The largest absolute Gasteiger partial charge is 0.383 e. The van der Waals surface area contributed by atoms with Gasteiger partial charge in [-0.25, -0.2) is 24.3 Å². The molecule has 1 aliphatic heterocycles. The van der Waals surface area contributed by atoms with E-state index in [-0.39, 0.29) is 17.6 Å². The van der Waals surface area contributed by atoms with Crippen molar-refractivity contribution in [3.05, 3.63) is 24.3 Å². The molecule has 1 atom stereocenters. The minimum Gasteiger partial charge on any atom is -0.383 e. The molecule has 34 heavy (non-hydrogen) atoms. The third-order valence-corrected chi connectivity index (χ3v) is 6.52. The van der Waals surface area contributed by atoms with Crippen LogP contribution in [0.4, 0.5) is 16.2 Å². The number of nitrogens with one attached hydrogen (secondary N) is 3.